The summed E-state index contributed by atoms with van der Waals surface area (Å²) in [5.74, 6) is 0.240. The van der Waals surface area contributed by atoms with Crippen molar-refractivity contribution in [2.75, 3.05) is 39.3 Å². The molecule has 0 spiro atoms. The number of hydrogen-bond acceptors (Lipinski definition) is 4. The maximum absolute atomic E-state index is 13.2. The van der Waals surface area contributed by atoms with Crippen molar-refractivity contribution in [2.24, 2.45) is 0 Å². The van der Waals surface area contributed by atoms with Gasteiger partial charge in [0.15, 0.2) is 0 Å². The molecule has 150 valence electrons. The van der Waals surface area contributed by atoms with Crippen LogP contribution in [0.25, 0.3) is 0 Å². The molecular weight excluding hydrogens is 385 g/mol. The number of hydrogen-bond donors (Lipinski definition) is 1. The van der Waals surface area contributed by atoms with Gasteiger partial charge < -0.3 is 15.0 Å². The fourth-order valence-electron chi connectivity index (χ4n) is 4.66. The third-order valence-corrected chi connectivity index (χ3v) is 6.35. The summed E-state index contributed by atoms with van der Waals surface area (Å²) in [5.41, 5.74) is 1.10. The number of amides is 1. The third-order valence-electron chi connectivity index (χ3n) is 6.01. The molecule has 1 aliphatic carbocycles. The van der Waals surface area contributed by atoms with Gasteiger partial charge >= 0.3 is 0 Å². The van der Waals surface area contributed by atoms with Crippen LogP contribution in [0.15, 0.2) is 24.3 Å². The first-order chi connectivity index (χ1) is 12.7. The van der Waals surface area contributed by atoms with E-state index in [1.54, 1.807) is 0 Å². The molecule has 3 aliphatic rings. The average molecular weight is 414 g/mol. The molecule has 1 aromatic rings. The average Bonchev–Trinajstić information content (AvgIpc) is 2.68. The zero-order chi connectivity index (χ0) is 17.9. The number of ether oxygens (including phenoxy) is 1. The second kappa shape index (κ2) is 9.57. The lowest BCUT2D eigenvalue weighted by Gasteiger charge is -2.45. The highest BCUT2D eigenvalue weighted by Gasteiger charge is 2.38. The molecule has 0 radical (unpaired) electrons. The van der Waals surface area contributed by atoms with Crippen LogP contribution < -0.4 is 5.32 Å². The van der Waals surface area contributed by atoms with Crippen LogP contribution in [0.2, 0.25) is 5.02 Å². The van der Waals surface area contributed by atoms with E-state index < -0.39 is 0 Å². The number of halogens is 2. The molecule has 1 amide bonds. The zero-order valence-electron chi connectivity index (χ0n) is 15.6. The number of piperazine rings is 1. The van der Waals surface area contributed by atoms with Crippen molar-refractivity contribution in [3.8, 4) is 0 Å². The minimum absolute atomic E-state index is 0. The van der Waals surface area contributed by atoms with Crippen molar-refractivity contribution in [1.29, 1.82) is 0 Å². The van der Waals surface area contributed by atoms with Gasteiger partial charge in [0.05, 0.1) is 25.3 Å². The summed E-state index contributed by atoms with van der Waals surface area (Å²) in [6.07, 6.45) is 4.82. The number of carbonyl (C=O) groups excluding carboxylic acids is 1. The highest BCUT2D eigenvalue weighted by molar-refractivity contribution is 6.31. The summed E-state index contributed by atoms with van der Waals surface area (Å²) in [4.78, 5) is 17.5. The lowest BCUT2D eigenvalue weighted by Crippen LogP contribution is -2.58. The molecule has 27 heavy (non-hydrogen) atoms. The fraction of sp³-hybridized carbons (Fsp3) is 0.650. The maximum Gasteiger partial charge on any atom is 0.237 e. The summed E-state index contributed by atoms with van der Waals surface area (Å²) in [7, 11) is 0. The smallest absolute Gasteiger partial charge is 0.237 e. The number of morpholine rings is 1. The van der Waals surface area contributed by atoms with Gasteiger partial charge in [-0.05, 0) is 24.5 Å². The van der Waals surface area contributed by atoms with Crippen molar-refractivity contribution in [2.45, 2.75) is 43.9 Å². The molecule has 4 rings (SSSR count). The highest BCUT2D eigenvalue weighted by Crippen LogP contribution is 2.31. The molecule has 0 aromatic heterocycles. The van der Waals surface area contributed by atoms with E-state index >= 15 is 0 Å². The summed E-state index contributed by atoms with van der Waals surface area (Å²) >= 11 is 6.43. The Labute approximate surface area is 172 Å². The predicted molar refractivity (Wildman–Crippen MR) is 110 cm³/mol. The number of benzene rings is 1. The Bertz CT molecular complexity index is 643. The van der Waals surface area contributed by atoms with Crippen LogP contribution in [-0.2, 0) is 9.53 Å². The largest absolute Gasteiger partial charge is 0.374 e. The van der Waals surface area contributed by atoms with E-state index in [1.807, 2.05) is 18.2 Å². The monoisotopic (exact) mass is 413 g/mol. The zero-order valence-corrected chi connectivity index (χ0v) is 17.2. The molecule has 2 saturated heterocycles. The normalized spacial score (nSPS) is 28.9. The van der Waals surface area contributed by atoms with Gasteiger partial charge in [-0.25, -0.2) is 0 Å². The van der Waals surface area contributed by atoms with Crippen molar-refractivity contribution >= 4 is 29.9 Å². The first-order valence-electron chi connectivity index (χ1n) is 9.84. The van der Waals surface area contributed by atoms with Gasteiger partial charge in [-0.3, -0.25) is 9.69 Å². The van der Waals surface area contributed by atoms with E-state index in [1.165, 1.54) is 12.8 Å². The summed E-state index contributed by atoms with van der Waals surface area (Å²) < 4.78 is 5.92. The Balaban J connectivity index is 0.00000210. The van der Waals surface area contributed by atoms with E-state index in [0.717, 1.165) is 49.6 Å². The van der Waals surface area contributed by atoms with Gasteiger partial charge in [0.2, 0.25) is 5.91 Å². The summed E-state index contributed by atoms with van der Waals surface area (Å²) in [6.45, 7) is 4.45. The highest BCUT2D eigenvalue weighted by atomic mass is 35.5. The first kappa shape index (κ1) is 20.9. The minimum atomic E-state index is 0. The minimum Gasteiger partial charge on any atom is -0.374 e. The number of carbonyl (C=O) groups is 1. The molecule has 2 aliphatic heterocycles. The van der Waals surface area contributed by atoms with Gasteiger partial charge in [0.25, 0.3) is 0 Å². The Kier molecular flexibility index (Phi) is 7.40. The van der Waals surface area contributed by atoms with Gasteiger partial charge in [0.1, 0.15) is 0 Å². The van der Waals surface area contributed by atoms with E-state index in [2.05, 4.69) is 21.2 Å². The van der Waals surface area contributed by atoms with Crippen LogP contribution in [0.5, 0.6) is 0 Å². The topological polar surface area (TPSA) is 44.8 Å². The molecule has 1 N–H and O–H groups in total. The quantitative estimate of drug-likeness (QED) is 0.827. The standard InChI is InChI=1S/C20H28ClN3O2.ClH/c21-16-6-2-1-5-15(16)18-13-22-9-10-23(18)14-20(25)24-11-12-26-19-8-4-3-7-17(19)24;/h1-2,5-6,17-19,22H,3-4,7-14H2;1H. The molecule has 1 saturated carbocycles. The molecule has 2 heterocycles. The van der Waals surface area contributed by atoms with Crippen LogP contribution in [0.4, 0.5) is 0 Å². The molecule has 7 heteroatoms. The second-order valence-electron chi connectivity index (χ2n) is 7.56. The summed E-state index contributed by atoms with van der Waals surface area (Å²) in [5, 5.41) is 4.22. The van der Waals surface area contributed by atoms with Crippen molar-refractivity contribution < 1.29 is 9.53 Å². The van der Waals surface area contributed by atoms with E-state index in [9.17, 15) is 4.79 Å². The Morgan fingerprint density at radius 3 is 2.89 bits per heavy atom. The lowest BCUT2D eigenvalue weighted by molar-refractivity contribution is -0.151. The maximum atomic E-state index is 13.2. The van der Waals surface area contributed by atoms with Gasteiger partial charge in [-0.1, -0.05) is 42.6 Å². The van der Waals surface area contributed by atoms with E-state index in [-0.39, 0.29) is 36.5 Å². The Morgan fingerprint density at radius 2 is 2.04 bits per heavy atom. The van der Waals surface area contributed by atoms with Gasteiger partial charge in [-0.2, -0.15) is 0 Å². The van der Waals surface area contributed by atoms with Crippen LogP contribution in [0, 0.1) is 0 Å². The SMILES string of the molecule is Cl.O=C(CN1CCNCC1c1ccccc1Cl)N1CCOC2CCCCC21. The number of fused-ring (bicyclic) bond motifs is 1. The van der Waals surface area contributed by atoms with Gasteiger partial charge in [0, 0.05) is 37.2 Å². The lowest BCUT2D eigenvalue weighted by atomic mass is 9.90. The molecule has 3 unspecified atom stereocenters. The molecule has 3 atom stereocenters. The number of nitrogens with zero attached hydrogens (tertiary/aromatic N) is 2. The van der Waals surface area contributed by atoms with E-state index in [0.29, 0.717) is 13.2 Å². The fourth-order valence-corrected chi connectivity index (χ4v) is 4.92. The van der Waals surface area contributed by atoms with Gasteiger partial charge in [-0.15, -0.1) is 12.4 Å². The predicted octanol–water partition coefficient (Wildman–Crippen LogP) is 2.88. The van der Waals surface area contributed by atoms with Crippen LogP contribution in [0.1, 0.15) is 37.3 Å². The van der Waals surface area contributed by atoms with Crippen molar-refractivity contribution in [3.63, 3.8) is 0 Å². The van der Waals surface area contributed by atoms with Crippen LogP contribution in [-0.4, -0.2) is 67.2 Å². The first-order valence-corrected chi connectivity index (χ1v) is 10.2. The summed E-state index contributed by atoms with van der Waals surface area (Å²) in [6, 6.07) is 8.39. The van der Waals surface area contributed by atoms with Crippen molar-refractivity contribution in [1.82, 2.24) is 15.1 Å². The van der Waals surface area contributed by atoms with Crippen LogP contribution >= 0.6 is 24.0 Å². The Morgan fingerprint density at radius 1 is 1.22 bits per heavy atom. The molecule has 3 fully saturated rings. The third kappa shape index (κ3) is 4.60. The van der Waals surface area contributed by atoms with Crippen LogP contribution in [0.3, 0.4) is 0 Å². The molecule has 0 bridgehead atoms. The second-order valence-corrected chi connectivity index (χ2v) is 7.97. The molecule has 5 nitrogen and oxygen atoms in total. The molecular formula is C20H29Cl2N3O2. The Hall–Kier alpha value is -0.850. The van der Waals surface area contributed by atoms with E-state index in [4.69, 9.17) is 16.3 Å². The molecule has 1 aromatic carbocycles. The van der Waals surface area contributed by atoms with Crippen molar-refractivity contribution in [3.05, 3.63) is 34.9 Å². The number of nitrogens with one attached hydrogen (secondary N) is 1. The number of rotatable bonds is 3.